The summed E-state index contributed by atoms with van der Waals surface area (Å²) in [6.07, 6.45) is 4.61. The van der Waals surface area contributed by atoms with Crippen molar-refractivity contribution >= 4 is 15.8 Å². The van der Waals surface area contributed by atoms with Gasteiger partial charge in [-0.3, -0.25) is 4.99 Å². The van der Waals surface area contributed by atoms with Gasteiger partial charge in [0.1, 0.15) is 0 Å². The summed E-state index contributed by atoms with van der Waals surface area (Å²) in [4.78, 5) is 4.17. The second-order valence-electron chi connectivity index (χ2n) is 6.46. The number of hydrogen-bond acceptors (Lipinski definition) is 4. The molecule has 130 valence electrons. The Morgan fingerprint density at radius 3 is 2.41 bits per heavy atom. The highest BCUT2D eigenvalue weighted by Crippen LogP contribution is 2.28. The van der Waals surface area contributed by atoms with E-state index in [-0.39, 0.29) is 0 Å². The van der Waals surface area contributed by atoms with Crippen LogP contribution in [-0.2, 0) is 14.6 Å². The van der Waals surface area contributed by atoms with Gasteiger partial charge in [-0.15, -0.1) is 0 Å². The number of ether oxygens (including phenoxy) is 1. The second-order valence-corrected chi connectivity index (χ2v) is 8.87. The largest absolute Gasteiger partial charge is 0.381 e. The lowest BCUT2D eigenvalue weighted by atomic mass is 9.99. The SMILES string of the molecule is CN=C(NCCCC(C)C)NCC1(S(C)(=O)=O)CCOCC1. The van der Waals surface area contributed by atoms with Crippen LogP contribution < -0.4 is 10.6 Å². The van der Waals surface area contributed by atoms with Crippen LogP contribution in [0.5, 0.6) is 0 Å². The normalized spacial score (nSPS) is 19.2. The van der Waals surface area contributed by atoms with E-state index in [1.807, 2.05) is 0 Å². The molecule has 0 atom stereocenters. The summed E-state index contributed by atoms with van der Waals surface area (Å²) in [5, 5.41) is 6.42. The smallest absolute Gasteiger partial charge is 0.191 e. The summed E-state index contributed by atoms with van der Waals surface area (Å²) >= 11 is 0. The lowest BCUT2D eigenvalue weighted by Gasteiger charge is -2.35. The molecule has 1 saturated heterocycles. The zero-order valence-corrected chi connectivity index (χ0v) is 15.1. The van der Waals surface area contributed by atoms with E-state index in [1.165, 1.54) is 6.26 Å². The first-order valence-corrected chi connectivity index (χ1v) is 9.92. The van der Waals surface area contributed by atoms with Gasteiger partial charge < -0.3 is 15.4 Å². The van der Waals surface area contributed by atoms with Gasteiger partial charge in [0.15, 0.2) is 15.8 Å². The molecule has 0 bridgehead atoms. The number of nitrogens with zero attached hydrogens (tertiary/aromatic N) is 1. The van der Waals surface area contributed by atoms with Crippen LogP contribution in [0.25, 0.3) is 0 Å². The second kappa shape index (κ2) is 8.72. The molecule has 0 unspecified atom stereocenters. The molecule has 0 aromatic heterocycles. The number of nitrogens with one attached hydrogen (secondary N) is 2. The van der Waals surface area contributed by atoms with Crippen LogP contribution in [0.15, 0.2) is 4.99 Å². The minimum absolute atomic E-state index is 0.374. The fourth-order valence-electron chi connectivity index (χ4n) is 2.60. The lowest BCUT2D eigenvalue weighted by Crippen LogP contribution is -2.53. The molecule has 1 rings (SSSR count). The molecule has 2 N–H and O–H groups in total. The molecular weight excluding hydrogens is 302 g/mol. The topological polar surface area (TPSA) is 79.8 Å². The molecular formula is C15H31N3O3S. The van der Waals surface area contributed by atoms with Gasteiger partial charge in [0.2, 0.25) is 0 Å². The summed E-state index contributed by atoms with van der Waals surface area (Å²) in [6.45, 7) is 6.61. The van der Waals surface area contributed by atoms with Crippen molar-refractivity contribution in [2.24, 2.45) is 10.9 Å². The van der Waals surface area contributed by atoms with Crippen molar-refractivity contribution in [3.8, 4) is 0 Å². The molecule has 0 aromatic carbocycles. The maximum Gasteiger partial charge on any atom is 0.191 e. The Kier molecular flexibility index (Phi) is 7.62. The van der Waals surface area contributed by atoms with Gasteiger partial charge in [-0.25, -0.2) is 8.42 Å². The molecule has 1 heterocycles. The minimum atomic E-state index is -3.15. The highest BCUT2D eigenvalue weighted by atomic mass is 32.2. The molecule has 0 aromatic rings. The summed E-state index contributed by atoms with van der Waals surface area (Å²) < 4.78 is 28.9. The minimum Gasteiger partial charge on any atom is -0.381 e. The van der Waals surface area contributed by atoms with Crippen LogP contribution >= 0.6 is 0 Å². The van der Waals surface area contributed by atoms with Crippen LogP contribution in [0.4, 0.5) is 0 Å². The van der Waals surface area contributed by atoms with Crippen molar-refractivity contribution in [3.05, 3.63) is 0 Å². The number of aliphatic imine (C=N–C) groups is 1. The number of guanidine groups is 1. The van der Waals surface area contributed by atoms with E-state index < -0.39 is 14.6 Å². The van der Waals surface area contributed by atoms with Gasteiger partial charge in [0.05, 0.1) is 4.75 Å². The average Bonchev–Trinajstić information content (AvgIpc) is 2.46. The Labute approximate surface area is 135 Å². The van der Waals surface area contributed by atoms with Crippen LogP contribution in [0.2, 0.25) is 0 Å². The molecule has 0 amide bonds. The van der Waals surface area contributed by atoms with Gasteiger partial charge in [-0.05, 0) is 31.6 Å². The first-order chi connectivity index (χ1) is 10.3. The first kappa shape index (κ1) is 19.2. The highest BCUT2D eigenvalue weighted by Gasteiger charge is 2.42. The van der Waals surface area contributed by atoms with Crippen LogP contribution in [-0.4, -0.2) is 58.7 Å². The Balaban J connectivity index is 2.52. The van der Waals surface area contributed by atoms with Crippen LogP contribution in [0.3, 0.4) is 0 Å². The fourth-order valence-corrected chi connectivity index (χ4v) is 3.85. The number of hydrogen-bond donors (Lipinski definition) is 2. The van der Waals surface area contributed by atoms with Crippen molar-refractivity contribution in [2.75, 3.05) is 39.6 Å². The van der Waals surface area contributed by atoms with E-state index >= 15 is 0 Å². The molecule has 0 aliphatic carbocycles. The van der Waals surface area contributed by atoms with Gasteiger partial charge >= 0.3 is 0 Å². The van der Waals surface area contributed by atoms with E-state index in [2.05, 4.69) is 29.5 Å². The third-order valence-corrected chi connectivity index (χ3v) is 6.37. The maximum atomic E-state index is 12.2. The number of rotatable bonds is 7. The fraction of sp³-hybridized carbons (Fsp3) is 0.933. The van der Waals surface area contributed by atoms with Crippen molar-refractivity contribution in [1.82, 2.24) is 10.6 Å². The molecule has 0 spiro atoms. The van der Waals surface area contributed by atoms with E-state index in [0.29, 0.717) is 44.5 Å². The molecule has 1 aliphatic rings. The summed E-state index contributed by atoms with van der Waals surface area (Å²) in [5.74, 6) is 1.35. The Hall–Kier alpha value is -0.820. The van der Waals surface area contributed by atoms with E-state index in [1.54, 1.807) is 7.05 Å². The molecule has 7 heteroatoms. The van der Waals surface area contributed by atoms with Gasteiger partial charge in [0.25, 0.3) is 0 Å². The molecule has 0 radical (unpaired) electrons. The maximum absolute atomic E-state index is 12.2. The van der Waals surface area contributed by atoms with Crippen molar-refractivity contribution in [2.45, 2.75) is 44.3 Å². The van der Waals surface area contributed by atoms with E-state index in [4.69, 9.17) is 4.74 Å². The predicted molar refractivity (Wildman–Crippen MR) is 91.1 cm³/mol. The third kappa shape index (κ3) is 5.76. The Bertz CT molecular complexity index is 455. The van der Waals surface area contributed by atoms with Crippen molar-refractivity contribution in [3.63, 3.8) is 0 Å². The standard InChI is InChI=1S/C15H31N3O3S/c1-13(2)6-5-9-17-14(16-3)18-12-15(22(4,19)20)7-10-21-11-8-15/h13H,5-12H2,1-4H3,(H2,16,17,18). The van der Waals surface area contributed by atoms with Gasteiger partial charge in [0, 0.05) is 39.6 Å². The molecule has 22 heavy (non-hydrogen) atoms. The van der Waals surface area contributed by atoms with Gasteiger partial charge in [-0.1, -0.05) is 13.8 Å². The third-order valence-electron chi connectivity index (χ3n) is 4.24. The monoisotopic (exact) mass is 333 g/mol. The summed E-state index contributed by atoms with van der Waals surface area (Å²) in [5.41, 5.74) is 0. The van der Waals surface area contributed by atoms with E-state index in [9.17, 15) is 8.42 Å². The number of sulfone groups is 1. The van der Waals surface area contributed by atoms with E-state index in [0.717, 1.165) is 19.4 Å². The summed E-state index contributed by atoms with van der Waals surface area (Å²) in [6, 6.07) is 0. The average molecular weight is 333 g/mol. The molecule has 1 aliphatic heterocycles. The summed E-state index contributed by atoms with van der Waals surface area (Å²) in [7, 11) is -1.45. The van der Waals surface area contributed by atoms with Gasteiger partial charge in [-0.2, -0.15) is 0 Å². The lowest BCUT2D eigenvalue weighted by molar-refractivity contribution is 0.0756. The quantitative estimate of drug-likeness (QED) is 0.415. The Morgan fingerprint density at radius 2 is 1.91 bits per heavy atom. The Morgan fingerprint density at radius 1 is 1.27 bits per heavy atom. The van der Waals surface area contributed by atoms with Crippen molar-refractivity contribution in [1.29, 1.82) is 0 Å². The van der Waals surface area contributed by atoms with Crippen LogP contribution in [0.1, 0.15) is 39.5 Å². The first-order valence-electron chi connectivity index (χ1n) is 8.02. The zero-order chi connectivity index (χ0) is 16.6. The predicted octanol–water partition coefficient (Wildman–Crippen LogP) is 1.18. The molecule has 6 nitrogen and oxygen atoms in total. The van der Waals surface area contributed by atoms with Crippen molar-refractivity contribution < 1.29 is 13.2 Å². The van der Waals surface area contributed by atoms with Crippen LogP contribution in [0, 0.1) is 5.92 Å². The zero-order valence-electron chi connectivity index (χ0n) is 14.3. The highest BCUT2D eigenvalue weighted by molar-refractivity contribution is 7.92. The molecule has 0 saturated carbocycles. The molecule has 1 fully saturated rings.